The fourth-order valence-electron chi connectivity index (χ4n) is 3.14. The number of hydrogen-bond acceptors (Lipinski definition) is 3. The van der Waals surface area contributed by atoms with Gasteiger partial charge in [-0.3, -0.25) is 9.69 Å². The fraction of sp³-hybridized carbons (Fsp3) is 0.208. The zero-order valence-electron chi connectivity index (χ0n) is 16.6. The molecule has 0 radical (unpaired) electrons. The average Bonchev–Trinajstić information content (AvgIpc) is 3.25. The van der Waals surface area contributed by atoms with Gasteiger partial charge in [0.2, 0.25) is 5.91 Å². The average molecular weight is 410 g/mol. The number of primary amides is 1. The van der Waals surface area contributed by atoms with E-state index in [0.717, 1.165) is 25.7 Å². The third-order valence-corrected chi connectivity index (χ3v) is 4.71. The Balaban J connectivity index is 0.000000310. The number of nitrogens with zero attached hydrogens (tertiary/aromatic N) is 1. The number of halogens is 2. The molecule has 1 aliphatic rings. The van der Waals surface area contributed by atoms with E-state index in [4.69, 9.17) is 10.5 Å². The van der Waals surface area contributed by atoms with Crippen molar-refractivity contribution < 1.29 is 18.3 Å². The van der Waals surface area contributed by atoms with Gasteiger partial charge >= 0.3 is 0 Å². The second-order valence-electron chi connectivity index (χ2n) is 7.03. The zero-order valence-corrected chi connectivity index (χ0v) is 16.6. The van der Waals surface area contributed by atoms with E-state index in [1.807, 2.05) is 24.3 Å². The normalized spacial score (nSPS) is 13.4. The zero-order chi connectivity index (χ0) is 21.3. The van der Waals surface area contributed by atoms with Crippen molar-refractivity contribution >= 4 is 5.91 Å². The van der Waals surface area contributed by atoms with Crippen LogP contribution >= 0.6 is 0 Å². The molecule has 1 aliphatic heterocycles. The van der Waals surface area contributed by atoms with Crippen molar-refractivity contribution in [2.24, 2.45) is 5.73 Å². The minimum Gasteiger partial charge on any atom is -0.454 e. The van der Waals surface area contributed by atoms with Gasteiger partial charge in [-0.2, -0.15) is 0 Å². The lowest BCUT2D eigenvalue weighted by atomic mass is 10.2. The number of carbonyl (C=O) groups is 1. The van der Waals surface area contributed by atoms with Gasteiger partial charge in [0, 0.05) is 12.1 Å². The Bertz CT molecular complexity index is 957. The van der Waals surface area contributed by atoms with Crippen LogP contribution in [0.5, 0.6) is 11.5 Å². The molecular formula is C24H24F2N2O2. The summed E-state index contributed by atoms with van der Waals surface area (Å²) >= 11 is 0. The minimum atomic E-state index is -0.665. The second kappa shape index (κ2) is 10.5. The number of amides is 1. The SMILES string of the molecule is Fc1ccccc1.NC(=O)c1ccc(Oc2ccc(CN3CCCC3)cc2)c(F)c1. The van der Waals surface area contributed by atoms with Crippen LogP contribution in [0, 0.1) is 11.6 Å². The van der Waals surface area contributed by atoms with Gasteiger partial charge in [0.25, 0.3) is 0 Å². The standard InChI is InChI=1S/C18H19FN2O2.C6H5F/c19-16-11-14(18(20)22)5-8-17(16)23-15-6-3-13(4-7-15)12-21-9-1-2-10-21;7-6-4-2-1-3-5-6/h3-8,11H,1-2,9-10,12H2,(H2,20,22);1-5H. The summed E-state index contributed by atoms with van der Waals surface area (Å²) in [5, 5.41) is 0. The summed E-state index contributed by atoms with van der Waals surface area (Å²) in [5.74, 6) is -0.824. The van der Waals surface area contributed by atoms with Crippen molar-refractivity contribution in [3.8, 4) is 11.5 Å². The Morgan fingerprint density at radius 1 is 0.933 bits per heavy atom. The maximum Gasteiger partial charge on any atom is 0.248 e. The number of nitrogens with two attached hydrogens (primary N) is 1. The first kappa shape index (κ1) is 21.5. The number of likely N-dealkylation sites (tertiary alicyclic amines) is 1. The van der Waals surface area contributed by atoms with E-state index in [1.54, 1.807) is 18.2 Å². The molecule has 156 valence electrons. The van der Waals surface area contributed by atoms with Gasteiger partial charge in [0.05, 0.1) is 0 Å². The molecule has 1 amide bonds. The molecule has 0 unspecified atom stereocenters. The lowest BCUT2D eigenvalue weighted by Gasteiger charge is -2.15. The molecule has 3 aromatic rings. The van der Waals surface area contributed by atoms with Gasteiger partial charge < -0.3 is 10.5 Å². The van der Waals surface area contributed by atoms with Crippen LogP contribution in [0.3, 0.4) is 0 Å². The van der Waals surface area contributed by atoms with Crippen LogP contribution in [-0.4, -0.2) is 23.9 Å². The summed E-state index contributed by atoms with van der Waals surface area (Å²) in [6.45, 7) is 3.23. The molecule has 0 aliphatic carbocycles. The van der Waals surface area contributed by atoms with Crippen molar-refractivity contribution in [1.29, 1.82) is 0 Å². The first-order valence-electron chi connectivity index (χ1n) is 9.80. The topological polar surface area (TPSA) is 55.6 Å². The number of rotatable bonds is 5. The molecule has 2 N–H and O–H groups in total. The molecule has 0 aromatic heterocycles. The summed E-state index contributed by atoms with van der Waals surface area (Å²) in [7, 11) is 0. The van der Waals surface area contributed by atoms with Crippen molar-refractivity contribution in [3.05, 3.63) is 95.6 Å². The summed E-state index contributed by atoms with van der Waals surface area (Å²) < 4.78 is 31.3. The quantitative estimate of drug-likeness (QED) is 0.634. The largest absolute Gasteiger partial charge is 0.454 e. The highest BCUT2D eigenvalue weighted by molar-refractivity contribution is 5.92. The first-order chi connectivity index (χ1) is 14.5. The molecule has 30 heavy (non-hydrogen) atoms. The van der Waals surface area contributed by atoms with Crippen LogP contribution in [0.4, 0.5) is 8.78 Å². The van der Waals surface area contributed by atoms with Crippen molar-refractivity contribution in [3.63, 3.8) is 0 Å². The summed E-state index contributed by atoms with van der Waals surface area (Å²) in [6.07, 6.45) is 2.53. The molecule has 0 bridgehead atoms. The highest BCUT2D eigenvalue weighted by atomic mass is 19.1. The highest BCUT2D eigenvalue weighted by Gasteiger charge is 2.12. The Morgan fingerprint density at radius 3 is 2.13 bits per heavy atom. The maximum atomic E-state index is 13.9. The van der Waals surface area contributed by atoms with E-state index in [2.05, 4.69) is 4.90 Å². The third kappa shape index (κ3) is 6.39. The Morgan fingerprint density at radius 2 is 1.60 bits per heavy atom. The molecule has 3 aromatic carbocycles. The predicted molar refractivity (Wildman–Crippen MR) is 112 cm³/mol. The van der Waals surface area contributed by atoms with E-state index < -0.39 is 11.7 Å². The molecule has 0 atom stereocenters. The molecule has 6 heteroatoms. The van der Waals surface area contributed by atoms with Crippen LogP contribution < -0.4 is 10.5 Å². The van der Waals surface area contributed by atoms with Crippen molar-refractivity contribution in [1.82, 2.24) is 4.90 Å². The molecule has 1 heterocycles. The number of hydrogen-bond donors (Lipinski definition) is 1. The minimum absolute atomic E-state index is 0.0716. The molecule has 4 rings (SSSR count). The maximum absolute atomic E-state index is 13.9. The lowest BCUT2D eigenvalue weighted by molar-refractivity contribution is 0.1000. The van der Waals surface area contributed by atoms with Crippen LogP contribution in [0.2, 0.25) is 0 Å². The van der Waals surface area contributed by atoms with E-state index in [-0.39, 0.29) is 17.1 Å². The van der Waals surface area contributed by atoms with E-state index in [1.165, 1.54) is 42.7 Å². The van der Waals surface area contributed by atoms with Crippen molar-refractivity contribution in [2.75, 3.05) is 13.1 Å². The van der Waals surface area contributed by atoms with Gasteiger partial charge in [-0.25, -0.2) is 8.78 Å². The van der Waals surface area contributed by atoms with Crippen molar-refractivity contribution in [2.45, 2.75) is 19.4 Å². The van der Waals surface area contributed by atoms with Crippen LogP contribution in [-0.2, 0) is 6.54 Å². The van der Waals surface area contributed by atoms with Crippen LogP contribution in [0.15, 0.2) is 72.8 Å². The molecular weight excluding hydrogens is 386 g/mol. The van der Waals surface area contributed by atoms with Gasteiger partial charge in [-0.15, -0.1) is 0 Å². The number of ether oxygens (including phenoxy) is 1. The third-order valence-electron chi connectivity index (χ3n) is 4.71. The summed E-state index contributed by atoms with van der Waals surface area (Å²) in [6, 6.07) is 19.5. The second-order valence-corrected chi connectivity index (χ2v) is 7.03. The Kier molecular flexibility index (Phi) is 7.51. The number of carbonyl (C=O) groups excluding carboxylic acids is 1. The van der Waals surface area contributed by atoms with E-state index in [0.29, 0.717) is 5.75 Å². The summed E-state index contributed by atoms with van der Waals surface area (Å²) in [4.78, 5) is 13.4. The molecule has 0 saturated carbocycles. The van der Waals surface area contributed by atoms with Gasteiger partial charge in [0.15, 0.2) is 11.6 Å². The molecule has 4 nitrogen and oxygen atoms in total. The van der Waals surface area contributed by atoms with Crippen LogP contribution in [0.1, 0.15) is 28.8 Å². The Labute approximate surface area is 174 Å². The lowest BCUT2D eigenvalue weighted by Crippen LogP contribution is -2.18. The fourth-order valence-corrected chi connectivity index (χ4v) is 3.14. The van der Waals surface area contributed by atoms with Gasteiger partial charge in [0.1, 0.15) is 11.6 Å². The molecule has 0 spiro atoms. The van der Waals surface area contributed by atoms with Crippen LogP contribution in [0.25, 0.3) is 0 Å². The van der Waals surface area contributed by atoms with E-state index >= 15 is 0 Å². The summed E-state index contributed by atoms with van der Waals surface area (Å²) in [5.41, 5.74) is 6.45. The van der Waals surface area contributed by atoms with E-state index in [9.17, 15) is 13.6 Å². The molecule has 1 fully saturated rings. The number of benzene rings is 3. The smallest absolute Gasteiger partial charge is 0.248 e. The highest BCUT2D eigenvalue weighted by Crippen LogP contribution is 2.26. The Hall–Kier alpha value is -3.25. The monoisotopic (exact) mass is 410 g/mol. The molecule has 1 saturated heterocycles. The van der Waals surface area contributed by atoms with Gasteiger partial charge in [-0.1, -0.05) is 30.3 Å². The predicted octanol–water partition coefficient (Wildman–Crippen LogP) is 5.14. The first-order valence-corrected chi connectivity index (χ1v) is 9.80. The van der Waals surface area contributed by atoms with Gasteiger partial charge in [-0.05, 0) is 74.0 Å².